The van der Waals surface area contributed by atoms with Crippen LogP contribution in [0, 0.1) is 5.82 Å². The Labute approximate surface area is 149 Å². The summed E-state index contributed by atoms with van der Waals surface area (Å²) in [6, 6.07) is 19.0. The van der Waals surface area contributed by atoms with Gasteiger partial charge in [-0.25, -0.2) is 4.39 Å². The zero-order valence-corrected chi connectivity index (χ0v) is 13.8. The number of hydrogen-bond donors (Lipinski definition) is 2. The van der Waals surface area contributed by atoms with Crippen molar-refractivity contribution in [2.24, 2.45) is 0 Å². The van der Waals surface area contributed by atoms with Crippen molar-refractivity contribution in [2.45, 2.75) is 6.54 Å². The number of carbonyl (C=O) groups excluding carboxylic acids is 2. The molecule has 0 fully saturated rings. The van der Waals surface area contributed by atoms with Crippen LogP contribution < -0.4 is 10.6 Å². The van der Waals surface area contributed by atoms with E-state index >= 15 is 0 Å². The molecule has 2 amide bonds. The number of benzene rings is 3. The van der Waals surface area contributed by atoms with Crippen molar-refractivity contribution in [3.05, 3.63) is 89.2 Å². The van der Waals surface area contributed by atoms with E-state index in [9.17, 15) is 14.0 Å². The van der Waals surface area contributed by atoms with Crippen molar-refractivity contribution >= 4 is 17.5 Å². The van der Waals surface area contributed by atoms with Crippen molar-refractivity contribution in [1.29, 1.82) is 0 Å². The van der Waals surface area contributed by atoms with Crippen LogP contribution in [-0.2, 0) is 6.54 Å². The molecule has 0 unspecified atom stereocenters. The van der Waals surface area contributed by atoms with E-state index in [1.54, 1.807) is 12.1 Å². The summed E-state index contributed by atoms with van der Waals surface area (Å²) >= 11 is 0. The smallest absolute Gasteiger partial charge is 0.258 e. The maximum absolute atomic E-state index is 13.8. The standard InChI is InChI=1S/C21H15FN2O2/c22-17-9-5-4-8-15(17)20(25)24-18-11-10-14(13-6-2-1-3-7-13)16-12-23-21(26)19(16)18/h1-11H,12H2,(H,23,26)(H,24,25). The average molecular weight is 346 g/mol. The van der Waals surface area contributed by atoms with Crippen LogP contribution in [-0.4, -0.2) is 11.8 Å². The molecule has 0 saturated carbocycles. The normalized spacial score (nSPS) is 12.4. The molecule has 0 spiro atoms. The van der Waals surface area contributed by atoms with Gasteiger partial charge < -0.3 is 10.6 Å². The molecule has 0 bridgehead atoms. The topological polar surface area (TPSA) is 58.2 Å². The molecule has 5 heteroatoms. The van der Waals surface area contributed by atoms with Gasteiger partial charge >= 0.3 is 0 Å². The minimum absolute atomic E-state index is 0.0632. The fourth-order valence-corrected chi connectivity index (χ4v) is 3.18. The molecule has 4 rings (SSSR count). The molecule has 1 aliphatic heterocycles. The van der Waals surface area contributed by atoms with Gasteiger partial charge in [0, 0.05) is 6.54 Å². The number of amides is 2. The van der Waals surface area contributed by atoms with Crippen molar-refractivity contribution in [2.75, 3.05) is 5.32 Å². The lowest BCUT2D eigenvalue weighted by Gasteiger charge is -2.13. The molecule has 26 heavy (non-hydrogen) atoms. The summed E-state index contributed by atoms with van der Waals surface area (Å²) in [5.74, 6) is -1.44. The SMILES string of the molecule is O=C(Nc1ccc(-c2ccccc2)c2c1C(=O)NC2)c1ccccc1F. The van der Waals surface area contributed by atoms with Crippen molar-refractivity contribution in [1.82, 2.24) is 5.32 Å². The summed E-state index contributed by atoms with van der Waals surface area (Å²) < 4.78 is 13.8. The van der Waals surface area contributed by atoms with Crippen molar-refractivity contribution < 1.29 is 14.0 Å². The van der Waals surface area contributed by atoms with Gasteiger partial charge in [0.1, 0.15) is 5.82 Å². The Morgan fingerprint density at radius 2 is 1.69 bits per heavy atom. The molecule has 3 aromatic carbocycles. The molecule has 1 aliphatic rings. The van der Waals surface area contributed by atoms with Gasteiger partial charge in [0.25, 0.3) is 11.8 Å². The number of carbonyl (C=O) groups is 2. The lowest BCUT2D eigenvalue weighted by molar-refractivity contribution is 0.0966. The Bertz CT molecular complexity index is 1020. The molecule has 4 nitrogen and oxygen atoms in total. The van der Waals surface area contributed by atoms with Gasteiger partial charge in [-0.05, 0) is 34.9 Å². The first-order valence-corrected chi connectivity index (χ1v) is 8.20. The Balaban J connectivity index is 1.75. The van der Waals surface area contributed by atoms with Gasteiger partial charge in [0.2, 0.25) is 0 Å². The van der Waals surface area contributed by atoms with E-state index in [0.717, 1.165) is 16.7 Å². The maximum atomic E-state index is 13.8. The highest BCUT2D eigenvalue weighted by molar-refractivity contribution is 6.11. The maximum Gasteiger partial charge on any atom is 0.258 e. The first-order chi connectivity index (χ1) is 12.6. The first kappa shape index (κ1) is 16.0. The Morgan fingerprint density at radius 3 is 2.46 bits per heavy atom. The van der Waals surface area contributed by atoms with Crippen molar-refractivity contribution in [3.8, 4) is 11.1 Å². The number of rotatable bonds is 3. The monoisotopic (exact) mass is 346 g/mol. The molecule has 1 heterocycles. The third kappa shape index (κ3) is 2.73. The van der Waals surface area contributed by atoms with Crippen LogP contribution in [0.2, 0.25) is 0 Å². The zero-order valence-electron chi connectivity index (χ0n) is 13.8. The second-order valence-corrected chi connectivity index (χ2v) is 6.00. The fraction of sp³-hybridized carbons (Fsp3) is 0.0476. The first-order valence-electron chi connectivity index (χ1n) is 8.20. The van der Waals surface area contributed by atoms with Crippen LogP contribution in [0.15, 0.2) is 66.7 Å². The molecule has 0 atom stereocenters. The van der Waals surface area contributed by atoms with Gasteiger partial charge in [0.05, 0.1) is 16.8 Å². The van der Waals surface area contributed by atoms with Gasteiger partial charge in [-0.2, -0.15) is 0 Å². The molecule has 128 valence electrons. The average Bonchev–Trinajstić information content (AvgIpc) is 3.05. The van der Waals surface area contributed by atoms with Crippen LogP contribution in [0.25, 0.3) is 11.1 Å². The lowest BCUT2D eigenvalue weighted by Crippen LogP contribution is -2.18. The molecule has 0 aromatic heterocycles. The van der Waals surface area contributed by atoms with Gasteiger partial charge in [-0.1, -0.05) is 48.5 Å². The lowest BCUT2D eigenvalue weighted by atomic mass is 9.95. The second kappa shape index (κ2) is 6.44. The molecule has 0 radical (unpaired) electrons. The molecular formula is C21H15FN2O2. The van der Waals surface area contributed by atoms with E-state index in [1.165, 1.54) is 18.2 Å². The summed E-state index contributed by atoms with van der Waals surface area (Å²) in [5, 5.41) is 5.46. The van der Waals surface area contributed by atoms with Crippen molar-refractivity contribution in [3.63, 3.8) is 0 Å². The molecule has 0 saturated heterocycles. The Kier molecular flexibility index (Phi) is 3.97. The second-order valence-electron chi connectivity index (χ2n) is 6.00. The predicted molar refractivity (Wildman–Crippen MR) is 97.4 cm³/mol. The van der Waals surface area contributed by atoms with E-state index in [4.69, 9.17) is 0 Å². The highest BCUT2D eigenvalue weighted by Gasteiger charge is 2.27. The summed E-state index contributed by atoms with van der Waals surface area (Å²) in [6.45, 7) is 0.391. The third-order valence-corrected chi connectivity index (χ3v) is 4.42. The number of hydrogen-bond acceptors (Lipinski definition) is 2. The molecule has 0 aliphatic carbocycles. The van der Waals surface area contributed by atoms with E-state index < -0.39 is 11.7 Å². The van der Waals surface area contributed by atoms with Crippen LogP contribution in [0.4, 0.5) is 10.1 Å². The third-order valence-electron chi connectivity index (χ3n) is 4.42. The quantitative estimate of drug-likeness (QED) is 0.753. The predicted octanol–water partition coefficient (Wildman–Crippen LogP) is 3.99. The summed E-state index contributed by atoms with van der Waals surface area (Å²) in [4.78, 5) is 24.7. The minimum atomic E-state index is -0.605. The number of nitrogens with one attached hydrogen (secondary N) is 2. The van der Waals surface area contributed by atoms with Gasteiger partial charge in [-0.15, -0.1) is 0 Å². The van der Waals surface area contributed by atoms with Crippen LogP contribution in [0.1, 0.15) is 26.3 Å². The molecule has 3 aromatic rings. The summed E-state index contributed by atoms with van der Waals surface area (Å²) in [7, 11) is 0. The summed E-state index contributed by atoms with van der Waals surface area (Å²) in [5.41, 5.74) is 3.49. The molecular weight excluding hydrogens is 331 g/mol. The van der Waals surface area contributed by atoms with E-state index in [1.807, 2.05) is 36.4 Å². The largest absolute Gasteiger partial charge is 0.348 e. The number of anilines is 1. The Hall–Kier alpha value is -3.47. The fourth-order valence-electron chi connectivity index (χ4n) is 3.18. The highest BCUT2D eigenvalue weighted by atomic mass is 19.1. The van der Waals surface area contributed by atoms with E-state index in [-0.39, 0.29) is 11.5 Å². The number of fused-ring (bicyclic) bond motifs is 1. The summed E-state index contributed by atoms with van der Waals surface area (Å²) in [6.07, 6.45) is 0. The van der Waals surface area contributed by atoms with E-state index in [0.29, 0.717) is 17.8 Å². The Morgan fingerprint density at radius 1 is 0.962 bits per heavy atom. The minimum Gasteiger partial charge on any atom is -0.348 e. The van der Waals surface area contributed by atoms with Crippen LogP contribution in [0.5, 0.6) is 0 Å². The van der Waals surface area contributed by atoms with Gasteiger partial charge in [0.15, 0.2) is 0 Å². The zero-order chi connectivity index (χ0) is 18.1. The number of halogens is 1. The van der Waals surface area contributed by atoms with Crippen LogP contribution >= 0.6 is 0 Å². The highest BCUT2D eigenvalue weighted by Crippen LogP contribution is 2.34. The van der Waals surface area contributed by atoms with E-state index in [2.05, 4.69) is 10.6 Å². The van der Waals surface area contributed by atoms with Gasteiger partial charge in [-0.3, -0.25) is 9.59 Å². The molecule has 2 N–H and O–H groups in total. The van der Waals surface area contributed by atoms with Crippen LogP contribution in [0.3, 0.4) is 0 Å².